The van der Waals surface area contributed by atoms with Crippen LogP contribution in [0.1, 0.15) is 43.5 Å². The molecule has 8 nitrogen and oxygen atoms in total. The average Bonchev–Trinajstić information content (AvgIpc) is 3.17. The number of urea groups is 2. The normalized spacial score (nSPS) is 19.2. The quantitative estimate of drug-likeness (QED) is 0.638. The molecular formula is C28H39N5O3. The van der Waals surface area contributed by atoms with Crippen LogP contribution in [-0.4, -0.2) is 84.7 Å². The van der Waals surface area contributed by atoms with Crippen molar-refractivity contribution < 1.29 is 14.3 Å². The number of piperazine rings is 1. The van der Waals surface area contributed by atoms with E-state index < -0.39 is 0 Å². The fourth-order valence-corrected chi connectivity index (χ4v) is 4.95. The molecule has 1 atom stereocenters. The van der Waals surface area contributed by atoms with Crippen molar-refractivity contribution >= 4 is 12.1 Å². The van der Waals surface area contributed by atoms with Gasteiger partial charge >= 0.3 is 12.1 Å². The number of primary amides is 1. The van der Waals surface area contributed by atoms with Crippen molar-refractivity contribution in [1.29, 1.82) is 0 Å². The van der Waals surface area contributed by atoms with Gasteiger partial charge in [-0.25, -0.2) is 9.59 Å². The van der Waals surface area contributed by atoms with E-state index in [2.05, 4.69) is 62.1 Å². The number of hydrogen-bond donors (Lipinski definition) is 1. The van der Waals surface area contributed by atoms with Gasteiger partial charge < -0.3 is 25.2 Å². The zero-order valence-electron chi connectivity index (χ0n) is 21.9. The number of carbonyl (C=O) groups is 2. The van der Waals surface area contributed by atoms with E-state index in [-0.39, 0.29) is 23.5 Å². The Kier molecular flexibility index (Phi) is 7.73. The summed E-state index contributed by atoms with van der Waals surface area (Å²) in [7, 11) is 1.66. The van der Waals surface area contributed by atoms with Gasteiger partial charge in [0.05, 0.1) is 19.8 Å². The molecule has 2 aromatic rings. The molecule has 1 unspecified atom stereocenters. The predicted molar refractivity (Wildman–Crippen MR) is 141 cm³/mol. The Balaban J connectivity index is 1.49. The minimum atomic E-state index is -0.379. The number of benzene rings is 2. The van der Waals surface area contributed by atoms with Gasteiger partial charge in [0, 0.05) is 39.3 Å². The molecule has 2 N–H and O–H groups in total. The van der Waals surface area contributed by atoms with Crippen LogP contribution in [0.2, 0.25) is 0 Å². The predicted octanol–water partition coefficient (Wildman–Crippen LogP) is 3.67. The van der Waals surface area contributed by atoms with E-state index in [0.717, 1.165) is 17.7 Å². The van der Waals surface area contributed by atoms with E-state index in [1.54, 1.807) is 12.0 Å². The minimum absolute atomic E-state index is 0.00308. The van der Waals surface area contributed by atoms with Crippen LogP contribution in [0.25, 0.3) is 0 Å². The summed E-state index contributed by atoms with van der Waals surface area (Å²) in [4.78, 5) is 32.9. The van der Waals surface area contributed by atoms with Gasteiger partial charge in [-0.05, 0) is 40.7 Å². The van der Waals surface area contributed by atoms with Crippen LogP contribution in [-0.2, 0) is 11.8 Å². The first-order chi connectivity index (χ1) is 17.2. The Labute approximate surface area is 214 Å². The van der Waals surface area contributed by atoms with E-state index in [9.17, 15) is 9.59 Å². The lowest BCUT2D eigenvalue weighted by atomic mass is 9.86. The van der Waals surface area contributed by atoms with Crippen LogP contribution >= 0.6 is 0 Å². The molecule has 2 aliphatic heterocycles. The standard InChI is InChI=1S/C28H39N5O3/c1-28(2,3)23-9-7-22(8-10-23)25-19-32(20-30-15-17-31(18-16-30)26(29)34)27(35)33(25)14-13-21-5-11-24(36-4)12-6-21/h5-12,25H,13-20H2,1-4H3,(H2,29,34). The van der Waals surface area contributed by atoms with Crippen molar-refractivity contribution in [1.82, 2.24) is 19.6 Å². The monoisotopic (exact) mass is 493 g/mol. The molecule has 2 aromatic carbocycles. The summed E-state index contributed by atoms with van der Waals surface area (Å²) >= 11 is 0. The molecule has 8 heteroatoms. The van der Waals surface area contributed by atoms with Gasteiger partial charge in [-0.15, -0.1) is 0 Å². The highest BCUT2D eigenvalue weighted by molar-refractivity contribution is 5.77. The third kappa shape index (κ3) is 5.93. The molecule has 2 aliphatic rings. The van der Waals surface area contributed by atoms with Crippen molar-refractivity contribution in [2.45, 2.75) is 38.6 Å². The maximum atomic E-state index is 13.6. The lowest BCUT2D eigenvalue weighted by Gasteiger charge is -2.35. The first kappa shape index (κ1) is 25.8. The number of amides is 4. The highest BCUT2D eigenvalue weighted by Gasteiger charge is 2.38. The Hall–Kier alpha value is -3.26. The van der Waals surface area contributed by atoms with Gasteiger partial charge in [-0.1, -0.05) is 57.2 Å². The Morgan fingerprint density at radius 2 is 1.64 bits per heavy atom. The third-order valence-electron chi connectivity index (χ3n) is 7.30. The van der Waals surface area contributed by atoms with Crippen LogP contribution in [0.4, 0.5) is 9.59 Å². The summed E-state index contributed by atoms with van der Waals surface area (Å²) in [5.74, 6) is 0.829. The smallest absolute Gasteiger partial charge is 0.321 e. The number of rotatable bonds is 7. The highest BCUT2D eigenvalue weighted by Crippen LogP contribution is 2.32. The van der Waals surface area contributed by atoms with E-state index >= 15 is 0 Å². The topological polar surface area (TPSA) is 82.3 Å². The van der Waals surface area contributed by atoms with Crippen LogP contribution < -0.4 is 10.5 Å². The highest BCUT2D eigenvalue weighted by atomic mass is 16.5. The number of nitrogens with two attached hydrogens (primary N) is 1. The molecule has 4 amide bonds. The molecule has 0 saturated carbocycles. The molecule has 2 fully saturated rings. The summed E-state index contributed by atoms with van der Waals surface area (Å²) in [5, 5.41) is 0. The fourth-order valence-electron chi connectivity index (χ4n) is 4.95. The van der Waals surface area contributed by atoms with Gasteiger partial charge in [0.15, 0.2) is 0 Å². The SMILES string of the molecule is COc1ccc(CCN2C(=O)N(CN3CCN(C(N)=O)CC3)CC2c2ccc(C(C)(C)C)cc2)cc1. The second-order valence-corrected chi connectivity index (χ2v) is 10.8. The van der Waals surface area contributed by atoms with Crippen molar-refractivity contribution in [3.05, 3.63) is 65.2 Å². The van der Waals surface area contributed by atoms with Crippen molar-refractivity contribution in [3.8, 4) is 5.75 Å². The summed E-state index contributed by atoms with van der Waals surface area (Å²) in [6.45, 7) is 11.1. The largest absolute Gasteiger partial charge is 0.497 e. The molecule has 0 aliphatic carbocycles. The lowest BCUT2D eigenvalue weighted by Crippen LogP contribution is -2.53. The first-order valence-electron chi connectivity index (χ1n) is 12.7. The number of nitrogens with zero attached hydrogens (tertiary/aromatic N) is 4. The molecule has 0 bridgehead atoms. The Bertz CT molecular complexity index is 1040. The molecule has 4 rings (SSSR count). The molecular weight excluding hydrogens is 454 g/mol. The van der Waals surface area contributed by atoms with Crippen molar-refractivity contribution in [3.63, 3.8) is 0 Å². The maximum Gasteiger partial charge on any atom is 0.321 e. The van der Waals surface area contributed by atoms with Gasteiger partial charge in [-0.2, -0.15) is 0 Å². The number of ether oxygens (including phenoxy) is 1. The first-order valence-corrected chi connectivity index (χ1v) is 12.7. The zero-order chi connectivity index (χ0) is 25.9. The lowest BCUT2D eigenvalue weighted by molar-refractivity contribution is 0.103. The van der Waals surface area contributed by atoms with Crippen LogP contribution in [0.5, 0.6) is 5.75 Å². The van der Waals surface area contributed by atoms with Crippen LogP contribution in [0.15, 0.2) is 48.5 Å². The van der Waals surface area contributed by atoms with E-state index in [1.165, 1.54) is 11.1 Å². The molecule has 2 heterocycles. The Morgan fingerprint density at radius 3 is 2.19 bits per heavy atom. The van der Waals surface area contributed by atoms with Gasteiger partial charge in [0.2, 0.25) is 0 Å². The molecule has 194 valence electrons. The maximum absolute atomic E-state index is 13.6. The molecule has 36 heavy (non-hydrogen) atoms. The number of methoxy groups -OCH3 is 1. The zero-order valence-corrected chi connectivity index (χ0v) is 21.9. The molecule has 2 saturated heterocycles. The van der Waals surface area contributed by atoms with Gasteiger partial charge in [-0.3, -0.25) is 4.90 Å². The van der Waals surface area contributed by atoms with Gasteiger partial charge in [0.1, 0.15) is 5.75 Å². The van der Waals surface area contributed by atoms with Crippen LogP contribution in [0, 0.1) is 0 Å². The van der Waals surface area contributed by atoms with Crippen LogP contribution in [0.3, 0.4) is 0 Å². The fraction of sp³-hybridized carbons (Fsp3) is 0.500. The second kappa shape index (κ2) is 10.8. The summed E-state index contributed by atoms with van der Waals surface area (Å²) in [5.41, 5.74) is 9.12. The number of hydrogen-bond acceptors (Lipinski definition) is 4. The molecule has 0 radical (unpaired) electrons. The second-order valence-electron chi connectivity index (χ2n) is 10.8. The average molecular weight is 494 g/mol. The third-order valence-corrected chi connectivity index (χ3v) is 7.30. The van der Waals surface area contributed by atoms with E-state index in [4.69, 9.17) is 10.5 Å². The van der Waals surface area contributed by atoms with E-state index in [1.807, 2.05) is 21.9 Å². The van der Waals surface area contributed by atoms with E-state index in [0.29, 0.717) is 45.9 Å². The summed E-state index contributed by atoms with van der Waals surface area (Å²) in [6, 6.07) is 16.4. The van der Waals surface area contributed by atoms with Gasteiger partial charge in [0.25, 0.3) is 0 Å². The molecule has 0 aromatic heterocycles. The Morgan fingerprint density at radius 1 is 1.00 bits per heavy atom. The minimum Gasteiger partial charge on any atom is -0.497 e. The van der Waals surface area contributed by atoms with Crippen molar-refractivity contribution in [2.24, 2.45) is 5.73 Å². The number of carbonyl (C=O) groups excluding carboxylic acids is 2. The van der Waals surface area contributed by atoms with Crippen molar-refractivity contribution in [2.75, 3.05) is 53.0 Å². The summed E-state index contributed by atoms with van der Waals surface area (Å²) < 4.78 is 5.27. The molecule has 0 spiro atoms. The summed E-state index contributed by atoms with van der Waals surface area (Å²) in [6.07, 6.45) is 0.775.